The van der Waals surface area contributed by atoms with Crippen LogP contribution in [0.3, 0.4) is 0 Å². The largest absolute Gasteiger partial charge is 0.461 e. The van der Waals surface area contributed by atoms with Crippen LogP contribution in [0.25, 0.3) is 0 Å². The monoisotopic (exact) mass is 368 g/mol. The van der Waals surface area contributed by atoms with E-state index in [1.807, 2.05) is 4.90 Å². The molecule has 1 aromatic heterocycles. The van der Waals surface area contributed by atoms with Crippen molar-refractivity contribution in [2.24, 2.45) is 0 Å². The topological polar surface area (TPSA) is 59.5 Å². The number of unbranched alkanes of at least 4 members (excludes halogenated alkanes) is 5. The van der Waals surface area contributed by atoms with Crippen LogP contribution in [0.1, 0.15) is 87.6 Å². The lowest BCUT2D eigenvalue weighted by Crippen LogP contribution is -2.31. The molecule has 0 fully saturated rings. The van der Waals surface area contributed by atoms with E-state index < -0.39 is 5.97 Å². The van der Waals surface area contributed by atoms with Crippen molar-refractivity contribution >= 4 is 23.2 Å². The van der Waals surface area contributed by atoms with Gasteiger partial charge in [0.05, 0.1) is 13.2 Å². The quantitative estimate of drug-likeness (QED) is 0.370. The Bertz CT molecular complexity index is 517. The fourth-order valence-electron chi connectivity index (χ4n) is 2.55. The molecule has 1 rings (SSSR count). The lowest BCUT2D eigenvalue weighted by molar-refractivity contribution is -0.132. The number of carbonyl (C=O) groups is 2. The highest BCUT2D eigenvalue weighted by Crippen LogP contribution is 2.16. The van der Waals surface area contributed by atoms with Crippen LogP contribution in [0.4, 0.5) is 0 Å². The highest BCUT2D eigenvalue weighted by molar-refractivity contribution is 7.09. The van der Waals surface area contributed by atoms with Crippen LogP contribution in [0.2, 0.25) is 0 Å². The fourth-order valence-corrected chi connectivity index (χ4v) is 3.33. The Balaban J connectivity index is 2.62. The zero-order valence-corrected chi connectivity index (χ0v) is 16.7. The van der Waals surface area contributed by atoms with Gasteiger partial charge in [0, 0.05) is 18.3 Å². The normalized spacial score (nSPS) is 10.7. The van der Waals surface area contributed by atoms with Gasteiger partial charge in [-0.25, -0.2) is 9.78 Å². The molecule has 1 aromatic rings. The average Bonchev–Trinajstić information content (AvgIpc) is 3.07. The Morgan fingerprint density at radius 3 is 2.48 bits per heavy atom. The summed E-state index contributed by atoms with van der Waals surface area (Å²) < 4.78 is 4.97. The maximum absolute atomic E-state index is 12.6. The number of amides is 1. The van der Waals surface area contributed by atoms with E-state index in [1.165, 1.54) is 24.2 Å². The Labute approximate surface area is 155 Å². The number of esters is 1. The van der Waals surface area contributed by atoms with Gasteiger partial charge in [0.2, 0.25) is 5.91 Å². The Hall–Kier alpha value is -1.43. The van der Waals surface area contributed by atoms with Gasteiger partial charge >= 0.3 is 5.97 Å². The summed E-state index contributed by atoms with van der Waals surface area (Å²) in [5.41, 5.74) is 0.339. The second-order valence-electron chi connectivity index (χ2n) is 6.18. The van der Waals surface area contributed by atoms with E-state index in [0.717, 1.165) is 43.7 Å². The first-order valence-electron chi connectivity index (χ1n) is 9.51. The predicted molar refractivity (Wildman–Crippen MR) is 102 cm³/mol. The molecule has 25 heavy (non-hydrogen) atoms. The third kappa shape index (κ3) is 8.47. The Kier molecular flexibility index (Phi) is 11.1. The van der Waals surface area contributed by atoms with Gasteiger partial charge in [-0.1, -0.05) is 46.0 Å². The second-order valence-corrected chi connectivity index (χ2v) is 7.12. The second kappa shape index (κ2) is 12.9. The first-order chi connectivity index (χ1) is 12.1. The van der Waals surface area contributed by atoms with E-state index in [2.05, 4.69) is 18.8 Å². The summed E-state index contributed by atoms with van der Waals surface area (Å²) in [5, 5.41) is 2.50. The summed E-state index contributed by atoms with van der Waals surface area (Å²) in [7, 11) is 0. The van der Waals surface area contributed by atoms with Gasteiger partial charge in [-0.3, -0.25) is 4.79 Å². The van der Waals surface area contributed by atoms with Gasteiger partial charge in [-0.05, 0) is 19.8 Å². The molecule has 0 radical (unpaired) electrons. The van der Waals surface area contributed by atoms with Gasteiger partial charge in [0.25, 0.3) is 0 Å². The van der Waals surface area contributed by atoms with Crippen LogP contribution in [0.15, 0.2) is 5.38 Å². The molecule has 0 aliphatic rings. The zero-order valence-electron chi connectivity index (χ0n) is 15.9. The molecule has 142 valence electrons. The molecule has 5 nitrogen and oxygen atoms in total. The van der Waals surface area contributed by atoms with E-state index in [4.69, 9.17) is 4.74 Å². The smallest absolute Gasteiger partial charge is 0.357 e. The third-order valence-corrected chi connectivity index (χ3v) is 4.82. The standard InChI is InChI=1S/C19H32N2O3S/c1-4-7-9-10-12-18(22)21(13-11-8-5-2)14-17-20-16(15-25-17)19(23)24-6-3/h15H,4-14H2,1-3H3. The molecule has 1 heterocycles. The molecule has 0 N–H and O–H groups in total. The van der Waals surface area contributed by atoms with E-state index in [1.54, 1.807) is 12.3 Å². The molecule has 6 heteroatoms. The van der Waals surface area contributed by atoms with Crippen LogP contribution >= 0.6 is 11.3 Å². The number of hydrogen-bond donors (Lipinski definition) is 0. The first-order valence-corrected chi connectivity index (χ1v) is 10.4. The lowest BCUT2D eigenvalue weighted by atomic mass is 10.1. The minimum Gasteiger partial charge on any atom is -0.461 e. The molecule has 0 bridgehead atoms. The summed E-state index contributed by atoms with van der Waals surface area (Å²) in [6.45, 7) is 7.68. The summed E-state index contributed by atoms with van der Waals surface area (Å²) >= 11 is 1.41. The molecular weight excluding hydrogens is 336 g/mol. The zero-order chi connectivity index (χ0) is 18.5. The van der Waals surface area contributed by atoms with E-state index in [0.29, 0.717) is 25.3 Å². The van der Waals surface area contributed by atoms with Crippen LogP contribution in [-0.4, -0.2) is 34.9 Å². The molecule has 0 aromatic carbocycles. The van der Waals surface area contributed by atoms with Gasteiger partial charge < -0.3 is 9.64 Å². The highest BCUT2D eigenvalue weighted by Gasteiger charge is 2.17. The maximum atomic E-state index is 12.6. The van der Waals surface area contributed by atoms with Crippen molar-refractivity contribution in [2.75, 3.05) is 13.2 Å². The molecule has 0 spiro atoms. The number of rotatable bonds is 13. The number of aromatic nitrogens is 1. The van der Waals surface area contributed by atoms with Crippen LogP contribution in [-0.2, 0) is 16.1 Å². The summed E-state index contributed by atoms with van der Waals surface area (Å²) in [6.07, 6.45) is 8.25. The highest BCUT2D eigenvalue weighted by atomic mass is 32.1. The molecule has 0 saturated carbocycles. The lowest BCUT2D eigenvalue weighted by Gasteiger charge is -2.21. The molecule has 0 atom stereocenters. The molecule has 0 aliphatic heterocycles. The van der Waals surface area contributed by atoms with Gasteiger partial charge in [-0.2, -0.15) is 0 Å². The average molecular weight is 369 g/mol. The molecule has 0 saturated heterocycles. The molecular formula is C19H32N2O3S. The van der Waals surface area contributed by atoms with Crippen LogP contribution in [0.5, 0.6) is 0 Å². The van der Waals surface area contributed by atoms with E-state index >= 15 is 0 Å². The van der Waals surface area contributed by atoms with Crippen LogP contribution < -0.4 is 0 Å². The van der Waals surface area contributed by atoms with E-state index in [9.17, 15) is 9.59 Å². The number of hydrogen-bond acceptors (Lipinski definition) is 5. The van der Waals surface area contributed by atoms with Crippen LogP contribution in [0, 0.1) is 0 Å². The minimum absolute atomic E-state index is 0.195. The van der Waals surface area contributed by atoms with Gasteiger partial charge in [0.1, 0.15) is 5.01 Å². The Morgan fingerprint density at radius 2 is 1.80 bits per heavy atom. The van der Waals surface area contributed by atoms with Crippen molar-refractivity contribution in [3.05, 3.63) is 16.1 Å². The van der Waals surface area contributed by atoms with Gasteiger partial charge in [0.15, 0.2) is 5.69 Å². The summed E-state index contributed by atoms with van der Waals surface area (Å²) in [5.74, 6) is -0.200. The number of carbonyl (C=O) groups excluding carboxylic acids is 2. The third-order valence-electron chi connectivity index (χ3n) is 3.99. The number of thiazole rings is 1. The maximum Gasteiger partial charge on any atom is 0.357 e. The molecule has 1 amide bonds. The van der Waals surface area contributed by atoms with Crippen molar-refractivity contribution in [2.45, 2.75) is 78.7 Å². The van der Waals surface area contributed by atoms with Crippen molar-refractivity contribution < 1.29 is 14.3 Å². The SMILES string of the molecule is CCCCCCC(=O)N(CCCCC)Cc1nc(C(=O)OCC)cs1. The minimum atomic E-state index is -0.395. The van der Waals surface area contributed by atoms with Crippen molar-refractivity contribution in [1.29, 1.82) is 0 Å². The van der Waals surface area contributed by atoms with E-state index in [-0.39, 0.29) is 5.91 Å². The first kappa shape index (κ1) is 21.6. The summed E-state index contributed by atoms with van der Waals surface area (Å²) in [6, 6.07) is 0. The van der Waals surface area contributed by atoms with Crippen molar-refractivity contribution in [1.82, 2.24) is 9.88 Å². The molecule has 0 aliphatic carbocycles. The summed E-state index contributed by atoms with van der Waals surface area (Å²) in [4.78, 5) is 30.5. The van der Waals surface area contributed by atoms with Crippen molar-refractivity contribution in [3.8, 4) is 0 Å². The molecule has 0 unspecified atom stereocenters. The number of ether oxygens (including phenoxy) is 1. The number of nitrogens with zero attached hydrogens (tertiary/aromatic N) is 2. The Morgan fingerprint density at radius 1 is 1.08 bits per heavy atom. The predicted octanol–water partition coefficient (Wildman–Crippen LogP) is 4.81. The fraction of sp³-hybridized carbons (Fsp3) is 0.737. The van der Waals surface area contributed by atoms with Crippen molar-refractivity contribution in [3.63, 3.8) is 0 Å². The van der Waals surface area contributed by atoms with Gasteiger partial charge in [-0.15, -0.1) is 11.3 Å².